The maximum atomic E-state index is 12.1. The van der Waals surface area contributed by atoms with Gasteiger partial charge < -0.3 is 29.4 Å². The van der Waals surface area contributed by atoms with Crippen molar-refractivity contribution in [2.24, 2.45) is 0 Å². The first kappa shape index (κ1) is 25.6. The van der Waals surface area contributed by atoms with Crippen molar-refractivity contribution in [1.82, 2.24) is 29.8 Å². The number of carboxylic acid groups (broad SMARTS) is 1. The molecule has 2 fully saturated rings. The minimum absolute atomic E-state index is 0.0287. The minimum atomic E-state index is -1.16. The fourth-order valence-electron chi connectivity index (χ4n) is 4.73. The normalized spacial score (nSPS) is 23.6. The number of nitrogens with one attached hydrogen (secondary N) is 2. The Hall–Kier alpha value is -4.66. The largest absolute Gasteiger partial charge is 0.477 e. The first-order valence-electron chi connectivity index (χ1n) is 12.6. The third-order valence-corrected chi connectivity index (χ3v) is 6.51. The zero-order valence-corrected chi connectivity index (χ0v) is 21.2. The monoisotopic (exact) mass is 547 g/mol. The predicted octanol–water partition coefficient (Wildman–Crippen LogP) is 2.52. The topological polar surface area (TPSA) is 172 Å². The van der Waals surface area contributed by atoms with Gasteiger partial charge in [0.1, 0.15) is 36.8 Å². The van der Waals surface area contributed by atoms with Crippen LogP contribution in [0.2, 0.25) is 0 Å². The van der Waals surface area contributed by atoms with Crippen molar-refractivity contribution in [2.75, 3.05) is 18.5 Å². The fourth-order valence-corrected chi connectivity index (χ4v) is 4.73. The van der Waals surface area contributed by atoms with Gasteiger partial charge >= 0.3 is 12.0 Å². The van der Waals surface area contributed by atoms with E-state index in [-0.39, 0.29) is 23.9 Å². The van der Waals surface area contributed by atoms with E-state index in [1.54, 1.807) is 11.5 Å². The molecule has 0 saturated carbocycles. The number of rotatable bonds is 8. The van der Waals surface area contributed by atoms with Crippen LogP contribution in [0.25, 0.3) is 11.2 Å². The molecule has 2 aliphatic rings. The van der Waals surface area contributed by atoms with Crippen LogP contribution in [-0.4, -0.2) is 73.1 Å². The summed E-state index contributed by atoms with van der Waals surface area (Å²) >= 11 is 0. The summed E-state index contributed by atoms with van der Waals surface area (Å²) in [6.45, 7) is 2.20. The van der Waals surface area contributed by atoms with Gasteiger partial charge in [0.2, 0.25) is 5.88 Å². The molecule has 0 radical (unpaired) electrons. The van der Waals surface area contributed by atoms with Crippen LogP contribution in [0.3, 0.4) is 0 Å². The number of carbonyl (C=O) groups excluding carboxylic acids is 1. The Bertz CT molecular complexity index is 1530. The molecule has 5 atom stereocenters. The Morgan fingerprint density at radius 3 is 2.65 bits per heavy atom. The molecule has 5 heterocycles. The highest BCUT2D eigenvalue weighted by Gasteiger charge is 2.54. The first-order valence-corrected chi connectivity index (χ1v) is 12.6. The number of pyridine rings is 1. The number of hydrogen-bond donors (Lipinski definition) is 3. The average Bonchev–Trinajstić information content (AvgIpc) is 3.67. The van der Waals surface area contributed by atoms with E-state index >= 15 is 0 Å². The van der Waals surface area contributed by atoms with Crippen LogP contribution in [-0.2, 0) is 14.2 Å². The summed E-state index contributed by atoms with van der Waals surface area (Å²) in [5.74, 6) is -0.942. The minimum Gasteiger partial charge on any atom is -0.477 e. The number of amides is 2. The van der Waals surface area contributed by atoms with E-state index in [1.807, 2.05) is 30.3 Å². The molecule has 3 N–H and O–H groups in total. The molecule has 2 amide bonds. The molecule has 6 rings (SSSR count). The molecule has 14 heteroatoms. The van der Waals surface area contributed by atoms with E-state index in [0.717, 1.165) is 5.56 Å². The Balaban J connectivity index is 1.30. The number of aromatic carboxylic acids is 1. The Labute approximate surface area is 227 Å². The third kappa shape index (κ3) is 4.79. The van der Waals surface area contributed by atoms with Crippen LogP contribution in [0.15, 0.2) is 61.3 Å². The number of benzene rings is 1. The maximum Gasteiger partial charge on any atom is 0.341 e. The van der Waals surface area contributed by atoms with Crippen LogP contribution in [0, 0.1) is 0 Å². The lowest BCUT2D eigenvalue weighted by Crippen LogP contribution is -2.33. The standard InChI is InChI=1S/C26H25N7O7/c1-2-27-26(36)32-20-17-21(30-12-29-20)33(13-31-17)23-19-18(39-25(40-19)14-7-4-3-5-8-14)16(38-23)11-37-22-15(24(34)35)9-6-10-28-22/h3-10,12-13,16,18-19,23,25H,2,11H2,1H3,(H,34,35)(H2,27,29,30,32,36). The Morgan fingerprint density at radius 2 is 1.85 bits per heavy atom. The molecule has 206 valence electrons. The summed E-state index contributed by atoms with van der Waals surface area (Å²) in [6, 6.07) is 12.0. The van der Waals surface area contributed by atoms with Gasteiger partial charge in [0.05, 0.1) is 6.33 Å². The van der Waals surface area contributed by atoms with Crippen molar-refractivity contribution >= 4 is 29.0 Å². The van der Waals surface area contributed by atoms with Crippen LogP contribution < -0.4 is 15.4 Å². The zero-order chi connectivity index (χ0) is 27.6. The van der Waals surface area contributed by atoms with Crippen molar-refractivity contribution in [1.29, 1.82) is 0 Å². The molecule has 2 aliphatic heterocycles. The Kier molecular flexibility index (Phi) is 6.94. The van der Waals surface area contributed by atoms with Crippen LogP contribution in [0.5, 0.6) is 5.88 Å². The van der Waals surface area contributed by atoms with Crippen molar-refractivity contribution in [3.05, 3.63) is 72.4 Å². The van der Waals surface area contributed by atoms with E-state index in [9.17, 15) is 14.7 Å². The number of carboxylic acids is 1. The second kappa shape index (κ2) is 10.8. The van der Waals surface area contributed by atoms with E-state index < -0.39 is 42.8 Å². The summed E-state index contributed by atoms with van der Waals surface area (Å²) in [5.41, 5.74) is 1.55. The molecular formula is C26H25N7O7. The SMILES string of the molecule is CCNC(=O)Nc1ncnc2c1ncn2C1OC(COc2ncccc2C(=O)O)C2OC(c3ccccc3)OC21. The summed E-state index contributed by atoms with van der Waals surface area (Å²) in [6.07, 6.45) is 1.11. The molecular weight excluding hydrogens is 522 g/mol. The molecule has 5 unspecified atom stereocenters. The number of fused-ring (bicyclic) bond motifs is 2. The number of anilines is 1. The van der Waals surface area contributed by atoms with Gasteiger partial charge in [-0.05, 0) is 19.1 Å². The Morgan fingerprint density at radius 1 is 1.02 bits per heavy atom. The molecule has 4 aromatic rings. The van der Waals surface area contributed by atoms with Gasteiger partial charge in [-0.1, -0.05) is 30.3 Å². The summed E-state index contributed by atoms with van der Waals surface area (Å²) < 4.78 is 26.5. The number of nitrogens with zero attached hydrogens (tertiary/aromatic N) is 5. The quantitative estimate of drug-likeness (QED) is 0.296. The smallest absolute Gasteiger partial charge is 0.341 e. The summed E-state index contributed by atoms with van der Waals surface area (Å²) in [7, 11) is 0. The molecule has 2 saturated heterocycles. The second-order valence-corrected chi connectivity index (χ2v) is 9.01. The van der Waals surface area contributed by atoms with Crippen molar-refractivity contribution < 1.29 is 33.6 Å². The number of imidazole rings is 1. The van der Waals surface area contributed by atoms with Gasteiger partial charge in [0, 0.05) is 18.3 Å². The molecule has 40 heavy (non-hydrogen) atoms. The van der Waals surface area contributed by atoms with Gasteiger partial charge in [0.15, 0.2) is 29.5 Å². The molecule has 14 nitrogen and oxygen atoms in total. The number of hydrogen-bond acceptors (Lipinski definition) is 10. The lowest BCUT2D eigenvalue weighted by Gasteiger charge is -2.21. The van der Waals surface area contributed by atoms with Gasteiger partial charge in [0.25, 0.3) is 0 Å². The number of aromatic nitrogens is 5. The lowest BCUT2D eigenvalue weighted by atomic mass is 10.1. The van der Waals surface area contributed by atoms with Crippen molar-refractivity contribution in [2.45, 2.75) is 37.8 Å². The van der Waals surface area contributed by atoms with E-state index in [4.69, 9.17) is 18.9 Å². The van der Waals surface area contributed by atoms with Crippen LogP contribution >= 0.6 is 0 Å². The number of carbonyl (C=O) groups is 2. The molecule has 3 aromatic heterocycles. The summed E-state index contributed by atoms with van der Waals surface area (Å²) in [5, 5.41) is 14.8. The molecule has 0 aliphatic carbocycles. The van der Waals surface area contributed by atoms with Gasteiger partial charge in [-0.2, -0.15) is 0 Å². The van der Waals surface area contributed by atoms with E-state index in [2.05, 4.69) is 30.6 Å². The van der Waals surface area contributed by atoms with Crippen molar-refractivity contribution in [3.8, 4) is 5.88 Å². The van der Waals surface area contributed by atoms with Gasteiger partial charge in [-0.3, -0.25) is 9.88 Å². The average molecular weight is 548 g/mol. The summed E-state index contributed by atoms with van der Waals surface area (Å²) in [4.78, 5) is 40.7. The zero-order valence-electron chi connectivity index (χ0n) is 21.2. The third-order valence-electron chi connectivity index (χ3n) is 6.51. The number of urea groups is 1. The highest BCUT2D eigenvalue weighted by atomic mass is 16.8. The first-order chi connectivity index (χ1) is 19.5. The molecule has 0 spiro atoms. The molecule has 0 bridgehead atoms. The van der Waals surface area contributed by atoms with Crippen molar-refractivity contribution in [3.63, 3.8) is 0 Å². The van der Waals surface area contributed by atoms with Gasteiger partial charge in [-0.15, -0.1) is 0 Å². The van der Waals surface area contributed by atoms with Crippen LogP contribution in [0.4, 0.5) is 10.6 Å². The second-order valence-electron chi connectivity index (χ2n) is 9.01. The van der Waals surface area contributed by atoms with Gasteiger partial charge in [-0.25, -0.2) is 29.5 Å². The highest BCUT2D eigenvalue weighted by Crippen LogP contribution is 2.45. The van der Waals surface area contributed by atoms with E-state index in [0.29, 0.717) is 17.7 Å². The highest BCUT2D eigenvalue weighted by molar-refractivity contribution is 5.95. The van der Waals surface area contributed by atoms with E-state index in [1.165, 1.54) is 31.0 Å². The maximum absolute atomic E-state index is 12.1. The fraction of sp³-hybridized carbons (Fsp3) is 0.308. The number of ether oxygens (including phenoxy) is 4. The van der Waals surface area contributed by atoms with Crippen LogP contribution in [0.1, 0.15) is 35.4 Å². The predicted molar refractivity (Wildman–Crippen MR) is 138 cm³/mol. The molecule has 1 aromatic carbocycles. The lowest BCUT2D eigenvalue weighted by molar-refractivity contribution is -0.152.